The summed E-state index contributed by atoms with van der Waals surface area (Å²) in [4.78, 5) is 0.989. The predicted molar refractivity (Wildman–Crippen MR) is 85.1 cm³/mol. The van der Waals surface area contributed by atoms with Gasteiger partial charge in [0, 0.05) is 21.7 Å². The molecule has 0 fully saturated rings. The summed E-state index contributed by atoms with van der Waals surface area (Å²) >= 11 is 7.51. The largest absolute Gasteiger partial charge is 0.316 e. The number of nitrogens with one attached hydrogen (secondary N) is 1. The van der Waals surface area contributed by atoms with Crippen molar-refractivity contribution in [3.63, 3.8) is 0 Å². The average molecular weight is 328 g/mol. The van der Waals surface area contributed by atoms with E-state index in [1.165, 1.54) is 18.2 Å². The van der Waals surface area contributed by atoms with E-state index in [9.17, 15) is 8.78 Å². The first-order valence-corrected chi connectivity index (χ1v) is 7.94. The van der Waals surface area contributed by atoms with Crippen molar-refractivity contribution in [2.75, 3.05) is 12.8 Å². The van der Waals surface area contributed by atoms with E-state index in [-0.39, 0.29) is 17.7 Å². The molecule has 21 heavy (non-hydrogen) atoms. The Kier molecular flexibility index (Phi) is 6.03. The maximum absolute atomic E-state index is 13.7. The van der Waals surface area contributed by atoms with Crippen molar-refractivity contribution in [2.24, 2.45) is 0 Å². The molecule has 0 aliphatic carbocycles. The average Bonchev–Trinajstić information content (AvgIpc) is 2.48. The van der Waals surface area contributed by atoms with Gasteiger partial charge in [0.2, 0.25) is 0 Å². The molecule has 1 N–H and O–H groups in total. The lowest BCUT2D eigenvalue weighted by Gasteiger charge is -2.16. The molecule has 1 unspecified atom stereocenters. The number of likely N-dealkylation sites (N-methyl/N-ethyl adjacent to an activating group) is 1. The molecular weight excluding hydrogens is 312 g/mol. The van der Waals surface area contributed by atoms with Crippen molar-refractivity contribution >= 4 is 23.4 Å². The molecule has 0 radical (unpaired) electrons. The Morgan fingerprint density at radius 1 is 1.14 bits per heavy atom. The standard InChI is InChI=1S/C16H16ClF2NS/c1-20-14(9-11-8-12(17)2-7-16(11)19)10-21-15-5-3-13(18)4-6-15/h2-8,14,20H,9-10H2,1H3. The lowest BCUT2D eigenvalue weighted by Crippen LogP contribution is -2.30. The maximum Gasteiger partial charge on any atom is 0.126 e. The van der Waals surface area contributed by atoms with Crippen LogP contribution in [0.2, 0.25) is 5.02 Å². The minimum atomic E-state index is -0.245. The smallest absolute Gasteiger partial charge is 0.126 e. The third-order valence-electron chi connectivity index (χ3n) is 3.15. The van der Waals surface area contributed by atoms with Crippen LogP contribution in [-0.4, -0.2) is 18.8 Å². The third kappa shape index (κ3) is 4.99. The van der Waals surface area contributed by atoms with Gasteiger partial charge in [-0.3, -0.25) is 0 Å². The summed E-state index contributed by atoms with van der Waals surface area (Å²) in [6.45, 7) is 0. The molecule has 0 heterocycles. The quantitative estimate of drug-likeness (QED) is 0.782. The van der Waals surface area contributed by atoms with E-state index >= 15 is 0 Å². The van der Waals surface area contributed by atoms with Crippen LogP contribution in [0.1, 0.15) is 5.56 Å². The molecule has 112 valence electrons. The zero-order valence-electron chi connectivity index (χ0n) is 11.6. The molecule has 5 heteroatoms. The Morgan fingerprint density at radius 3 is 2.52 bits per heavy atom. The molecule has 0 aromatic heterocycles. The number of thioether (sulfide) groups is 1. The number of rotatable bonds is 6. The van der Waals surface area contributed by atoms with E-state index in [1.54, 1.807) is 36.0 Å². The van der Waals surface area contributed by atoms with Gasteiger partial charge in [-0.25, -0.2) is 8.78 Å². The first kappa shape index (κ1) is 16.3. The van der Waals surface area contributed by atoms with E-state index in [2.05, 4.69) is 5.32 Å². The van der Waals surface area contributed by atoms with Crippen LogP contribution < -0.4 is 5.32 Å². The summed E-state index contributed by atoms with van der Waals surface area (Å²) < 4.78 is 26.6. The van der Waals surface area contributed by atoms with Gasteiger partial charge in [0.25, 0.3) is 0 Å². The summed E-state index contributed by atoms with van der Waals surface area (Å²) in [5.41, 5.74) is 0.599. The lowest BCUT2D eigenvalue weighted by molar-refractivity contribution is 0.568. The highest BCUT2D eigenvalue weighted by atomic mass is 35.5. The first-order chi connectivity index (χ1) is 10.1. The molecule has 2 aromatic carbocycles. The number of benzene rings is 2. The second kappa shape index (κ2) is 7.78. The van der Waals surface area contributed by atoms with Gasteiger partial charge in [-0.1, -0.05) is 11.6 Å². The second-order valence-electron chi connectivity index (χ2n) is 4.69. The van der Waals surface area contributed by atoms with E-state index in [4.69, 9.17) is 11.6 Å². The van der Waals surface area contributed by atoms with Gasteiger partial charge in [-0.15, -0.1) is 11.8 Å². The van der Waals surface area contributed by atoms with Crippen molar-refractivity contribution in [2.45, 2.75) is 17.4 Å². The molecule has 0 aliphatic rings. The van der Waals surface area contributed by atoms with Crippen molar-refractivity contribution in [3.8, 4) is 0 Å². The van der Waals surface area contributed by atoms with Crippen molar-refractivity contribution in [1.29, 1.82) is 0 Å². The molecule has 2 aromatic rings. The van der Waals surface area contributed by atoms with Crippen molar-refractivity contribution in [3.05, 3.63) is 64.7 Å². The summed E-state index contributed by atoms with van der Waals surface area (Å²) in [7, 11) is 1.85. The van der Waals surface area contributed by atoms with E-state index < -0.39 is 0 Å². The van der Waals surface area contributed by atoms with Gasteiger partial charge in [-0.2, -0.15) is 0 Å². The first-order valence-electron chi connectivity index (χ1n) is 6.58. The Labute approximate surface area is 132 Å². The van der Waals surface area contributed by atoms with Gasteiger partial charge in [-0.05, 0) is 61.5 Å². The van der Waals surface area contributed by atoms with Gasteiger partial charge in [0.1, 0.15) is 11.6 Å². The SMILES string of the molecule is CNC(CSc1ccc(F)cc1)Cc1cc(Cl)ccc1F. The van der Waals surface area contributed by atoms with Gasteiger partial charge in [0.05, 0.1) is 0 Å². The number of hydrogen-bond donors (Lipinski definition) is 1. The molecule has 0 amide bonds. The molecule has 1 atom stereocenters. The Bertz CT molecular complexity index is 589. The van der Waals surface area contributed by atoms with Gasteiger partial charge >= 0.3 is 0 Å². The van der Waals surface area contributed by atoms with Gasteiger partial charge < -0.3 is 5.32 Å². The lowest BCUT2D eigenvalue weighted by atomic mass is 10.1. The van der Waals surface area contributed by atoms with Gasteiger partial charge in [0.15, 0.2) is 0 Å². The van der Waals surface area contributed by atoms with Crippen LogP contribution in [0.4, 0.5) is 8.78 Å². The predicted octanol–water partition coefficient (Wildman–Crippen LogP) is 4.54. The third-order valence-corrected chi connectivity index (χ3v) is 4.56. The Hall–Kier alpha value is -1.10. The minimum Gasteiger partial charge on any atom is -0.316 e. The minimum absolute atomic E-state index is 0.105. The molecule has 0 bridgehead atoms. The zero-order chi connectivity index (χ0) is 15.2. The van der Waals surface area contributed by atoms with E-state index in [0.717, 1.165) is 10.6 Å². The molecular formula is C16H16ClF2NS. The Balaban J connectivity index is 1.96. The van der Waals surface area contributed by atoms with Crippen LogP contribution >= 0.6 is 23.4 Å². The number of halogens is 3. The van der Waals surface area contributed by atoms with Crippen molar-refractivity contribution in [1.82, 2.24) is 5.32 Å². The fourth-order valence-corrected chi connectivity index (χ4v) is 3.14. The normalized spacial score (nSPS) is 12.4. The molecule has 0 spiro atoms. The Morgan fingerprint density at radius 2 is 1.86 bits per heavy atom. The second-order valence-corrected chi connectivity index (χ2v) is 6.22. The molecule has 0 saturated heterocycles. The van der Waals surface area contributed by atoms with Crippen molar-refractivity contribution < 1.29 is 8.78 Å². The zero-order valence-corrected chi connectivity index (χ0v) is 13.1. The van der Waals surface area contributed by atoms with Crippen LogP contribution in [0.15, 0.2) is 47.4 Å². The van der Waals surface area contributed by atoms with Crippen LogP contribution in [0, 0.1) is 11.6 Å². The topological polar surface area (TPSA) is 12.0 Å². The van der Waals surface area contributed by atoms with E-state index in [1.807, 2.05) is 7.05 Å². The fraction of sp³-hybridized carbons (Fsp3) is 0.250. The molecule has 2 rings (SSSR count). The highest BCUT2D eigenvalue weighted by Gasteiger charge is 2.12. The van der Waals surface area contributed by atoms with E-state index in [0.29, 0.717) is 17.0 Å². The highest BCUT2D eigenvalue weighted by Crippen LogP contribution is 2.22. The van der Waals surface area contributed by atoms with Crippen LogP contribution in [0.5, 0.6) is 0 Å². The fourth-order valence-electron chi connectivity index (χ4n) is 1.94. The molecule has 1 nitrogen and oxygen atoms in total. The summed E-state index contributed by atoms with van der Waals surface area (Å²) in [6.07, 6.45) is 0.553. The summed E-state index contributed by atoms with van der Waals surface area (Å²) in [5, 5.41) is 3.71. The molecule has 0 saturated carbocycles. The number of hydrogen-bond acceptors (Lipinski definition) is 2. The maximum atomic E-state index is 13.7. The van der Waals surface area contributed by atoms with Crippen LogP contribution in [-0.2, 0) is 6.42 Å². The van der Waals surface area contributed by atoms with Crippen LogP contribution in [0.3, 0.4) is 0 Å². The highest BCUT2D eigenvalue weighted by molar-refractivity contribution is 7.99. The van der Waals surface area contributed by atoms with Crippen LogP contribution in [0.25, 0.3) is 0 Å². The monoisotopic (exact) mass is 327 g/mol. The summed E-state index contributed by atoms with van der Waals surface area (Å²) in [5.74, 6) is 0.269. The summed E-state index contributed by atoms with van der Waals surface area (Å²) in [6, 6.07) is 11.1. The molecule has 0 aliphatic heterocycles.